The zero-order chi connectivity index (χ0) is 11.8. The summed E-state index contributed by atoms with van der Waals surface area (Å²) in [5.74, 6) is -0.00856. The number of esters is 1. The largest absolute Gasteiger partial charge is 0.488 e. The molecular weight excluding hydrogens is 230 g/mol. The maximum Gasteiger partial charge on any atom is 0.320 e. The number of hydrogen-bond donors (Lipinski definition) is 0. The number of carbonyl (C=O) groups is 1. The van der Waals surface area contributed by atoms with Crippen LogP contribution in [0.1, 0.15) is 6.42 Å². The molecule has 0 aliphatic heterocycles. The molecule has 0 saturated heterocycles. The molecule has 16 heavy (non-hydrogen) atoms. The van der Waals surface area contributed by atoms with Crippen LogP contribution in [0.2, 0.25) is 5.02 Å². The maximum atomic E-state index is 10.8. The van der Waals surface area contributed by atoms with Crippen LogP contribution in [0.3, 0.4) is 0 Å². The Morgan fingerprint density at radius 1 is 1.38 bits per heavy atom. The number of carbonyl (C=O) groups excluding carboxylic acids is 1. The molecule has 0 aromatic heterocycles. The summed E-state index contributed by atoms with van der Waals surface area (Å²) in [5, 5.41) is 8.71. The third-order valence-electron chi connectivity index (χ3n) is 1.66. The number of hydrogen-bond acceptors (Lipinski definition) is 4. The second kappa shape index (κ2) is 6.70. The fraction of sp³-hybridized carbons (Fsp3) is 0.273. The van der Waals surface area contributed by atoms with Crippen molar-refractivity contribution >= 4 is 17.6 Å². The molecule has 1 rings (SSSR count). The van der Waals surface area contributed by atoms with Crippen molar-refractivity contribution in [3.05, 3.63) is 29.3 Å². The zero-order valence-corrected chi connectivity index (χ0v) is 9.24. The van der Waals surface area contributed by atoms with Crippen molar-refractivity contribution in [1.29, 1.82) is 5.26 Å². The van der Waals surface area contributed by atoms with E-state index in [2.05, 4.69) is 0 Å². The van der Waals surface area contributed by atoms with E-state index in [0.717, 1.165) is 0 Å². The van der Waals surface area contributed by atoms with Crippen LogP contribution in [0.25, 0.3) is 0 Å². The molecule has 4 nitrogen and oxygen atoms in total. The van der Waals surface area contributed by atoms with Crippen molar-refractivity contribution in [3.8, 4) is 11.8 Å². The van der Waals surface area contributed by atoms with Gasteiger partial charge in [0.1, 0.15) is 25.4 Å². The molecule has 0 amide bonds. The first kappa shape index (κ1) is 12.3. The molecule has 0 saturated carbocycles. The number of benzene rings is 1. The molecule has 0 aliphatic carbocycles. The monoisotopic (exact) mass is 239 g/mol. The standard InChI is InChI=1S/C11H10ClNO3/c12-9-3-1-2-4-10(9)15-7-8-16-11(14)5-6-13/h1-4H,5,7-8H2. The minimum Gasteiger partial charge on any atom is -0.488 e. The van der Waals surface area contributed by atoms with Crippen molar-refractivity contribution in [2.75, 3.05) is 13.2 Å². The van der Waals surface area contributed by atoms with E-state index in [1.807, 2.05) is 0 Å². The van der Waals surface area contributed by atoms with Gasteiger partial charge in [-0.05, 0) is 12.1 Å². The molecule has 0 unspecified atom stereocenters. The summed E-state index contributed by atoms with van der Waals surface area (Å²) < 4.78 is 9.99. The predicted octanol–water partition coefficient (Wildman–Crippen LogP) is 2.18. The van der Waals surface area contributed by atoms with Gasteiger partial charge in [0.2, 0.25) is 0 Å². The molecule has 0 aliphatic rings. The molecule has 84 valence electrons. The minimum absolute atomic E-state index is 0.103. The van der Waals surface area contributed by atoms with Gasteiger partial charge >= 0.3 is 5.97 Å². The lowest BCUT2D eigenvalue weighted by atomic mass is 10.3. The molecule has 0 N–H and O–H groups in total. The topological polar surface area (TPSA) is 59.3 Å². The first-order valence-electron chi connectivity index (χ1n) is 4.64. The number of ether oxygens (including phenoxy) is 2. The van der Waals surface area contributed by atoms with Gasteiger partial charge in [0.05, 0.1) is 11.1 Å². The van der Waals surface area contributed by atoms with E-state index in [-0.39, 0.29) is 19.6 Å². The Balaban J connectivity index is 2.24. The summed E-state index contributed by atoms with van der Waals surface area (Å²) in [7, 11) is 0. The van der Waals surface area contributed by atoms with Gasteiger partial charge in [-0.15, -0.1) is 0 Å². The number of halogens is 1. The van der Waals surface area contributed by atoms with E-state index < -0.39 is 5.97 Å². The Kier molecular flexibility index (Phi) is 5.17. The smallest absolute Gasteiger partial charge is 0.320 e. The molecular formula is C11H10ClNO3. The van der Waals surface area contributed by atoms with E-state index in [9.17, 15) is 4.79 Å². The molecule has 0 fully saturated rings. The average molecular weight is 240 g/mol. The Bertz CT molecular complexity index is 400. The van der Waals surface area contributed by atoms with Crippen molar-refractivity contribution in [3.63, 3.8) is 0 Å². The van der Waals surface area contributed by atoms with Gasteiger partial charge in [-0.2, -0.15) is 5.26 Å². The van der Waals surface area contributed by atoms with Gasteiger partial charge in [0, 0.05) is 0 Å². The average Bonchev–Trinajstić information content (AvgIpc) is 2.27. The summed E-state index contributed by atoms with van der Waals surface area (Å²) >= 11 is 5.84. The van der Waals surface area contributed by atoms with Crippen molar-refractivity contribution in [2.24, 2.45) is 0 Å². The number of rotatable bonds is 5. The van der Waals surface area contributed by atoms with Gasteiger partial charge in [0.25, 0.3) is 0 Å². The van der Waals surface area contributed by atoms with Gasteiger partial charge in [-0.1, -0.05) is 23.7 Å². The maximum absolute atomic E-state index is 10.8. The Morgan fingerprint density at radius 3 is 2.81 bits per heavy atom. The molecule has 0 radical (unpaired) electrons. The Labute approximate surface area is 98.3 Å². The molecule has 1 aromatic rings. The van der Waals surface area contributed by atoms with Crippen LogP contribution in [-0.2, 0) is 9.53 Å². The number of nitrogens with zero attached hydrogens (tertiary/aromatic N) is 1. The predicted molar refractivity (Wildman–Crippen MR) is 58.1 cm³/mol. The minimum atomic E-state index is -0.551. The van der Waals surface area contributed by atoms with Crippen molar-refractivity contribution in [1.82, 2.24) is 0 Å². The van der Waals surface area contributed by atoms with Gasteiger partial charge in [-0.25, -0.2) is 0 Å². The van der Waals surface area contributed by atoms with E-state index in [1.165, 1.54) is 0 Å². The summed E-state index contributed by atoms with van der Waals surface area (Å²) in [4.78, 5) is 10.8. The first-order valence-corrected chi connectivity index (χ1v) is 5.01. The van der Waals surface area contributed by atoms with E-state index in [0.29, 0.717) is 10.8 Å². The number of nitriles is 1. The quantitative estimate of drug-likeness (QED) is 0.584. The SMILES string of the molecule is N#CCC(=O)OCCOc1ccccc1Cl. The highest BCUT2D eigenvalue weighted by atomic mass is 35.5. The summed E-state index contributed by atoms with van der Waals surface area (Å²) in [5.41, 5.74) is 0. The third kappa shape index (κ3) is 4.20. The second-order valence-corrected chi connectivity index (χ2v) is 3.24. The van der Waals surface area contributed by atoms with Crippen LogP contribution in [-0.4, -0.2) is 19.2 Å². The highest BCUT2D eigenvalue weighted by molar-refractivity contribution is 6.32. The zero-order valence-electron chi connectivity index (χ0n) is 8.48. The first-order chi connectivity index (χ1) is 7.74. The third-order valence-corrected chi connectivity index (χ3v) is 1.98. The van der Waals surface area contributed by atoms with E-state index >= 15 is 0 Å². The molecule has 1 aromatic carbocycles. The van der Waals surface area contributed by atoms with Crippen LogP contribution in [0.5, 0.6) is 5.75 Å². The highest BCUT2D eigenvalue weighted by Gasteiger charge is 2.02. The summed E-state index contributed by atoms with van der Waals surface area (Å²) in [6.45, 7) is 0.312. The van der Waals surface area contributed by atoms with Gasteiger partial charge in [0.15, 0.2) is 0 Å². The van der Waals surface area contributed by atoms with Crippen LogP contribution < -0.4 is 4.74 Å². The fourth-order valence-electron chi connectivity index (χ4n) is 0.984. The van der Waals surface area contributed by atoms with Gasteiger partial charge in [-0.3, -0.25) is 4.79 Å². The lowest BCUT2D eigenvalue weighted by Gasteiger charge is -2.07. The summed E-state index contributed by atoms with van der Waals surface area (Å²) in [6.07, 6.45) is -0.244. The Hall–Kier alpha value is -1.73. The molecule has 0 heterocycles. The Morgan fingerprint density at radius 2 is 2.12 bits per heavy atom. The van der Waals surface area contributed by atoms with Crippen LogP contribution >= 0.6 is 11.6 Å². The molecule has 0 atom stereocenters. The van der Waals surface area contributed by atoms with E-state index in [4.69, 9.17) is 26.3 Å². The fourth-order valence-corrected chi connectivity index (χ4v) is 1.17. The van der Waals surface area contributed by atoms with Crippen LogP contribution in [0.4, 0.5) is 0 Å². The van der Waals surface area contributed by atoms with Crippen molar-refractivity contribution < 1.29 is 14.3 Å². The summed E-state index contributed by atoms with van der Waals surface area (Å²) in [6, 6.07) is 8.72. The lowest BCUT2D eigenvalue weighted by Crippen LogP contribution is -2.11. The lowest BCUT2D eigenvalue weighted by molar-refractivity contribution is -0.143. The normalized spacial score (nSPS) is 9.25. The molecule has 0 bridgehead atoms. The van der Waals surface area contributed by atoms with Crippen molar-refractivity contribution in [2.45, 2.75) is 6.42 Å². The number of para-hydroxylation sites is 1. The molecule has 0 spiro atoms. The van der Waals surface area contributed by atoms with Gasteiger partial charge < -0.3 is 9.47 Å². The van der Waals surface area contributed by atoms with Crippen LogP contribution in [0, 0.1) is 11.3 Å². The highest BCUT2D eigenvalue weighted by Crippen LogP contribution is 2.22. The molecule has 5 heteroatoms. The van der Waals surface area contributed by atoms with E-state index in [1.54, 1.807) is 30.3 Å². The van der Waals surface area contributed by atoms with Crippen LogP contribution in [0.15, 0.2) is 24.3 Å². The second-order valence-electron chi connectivity index (χ2n) is 2.83.